The number of hydrogen-bond donors (Lipinski definition) is 3. The molecular formula is C13H16N4O2. The minimum absolute atomic E-state index is 0.170. The Kier molecular flexibility index (Phi) is 2.87. The summed E-state index contributed by atoms with van der Waals surface area (Å²) in [6.45, 7) is 0. The molecule has 1 aromatic carbocycles. The van der Waals surface area contributed by atoms with Crippen molar-refractivity contribution in [2.24, 2.45) is 0 Å². The fourth-order valence-corrected chi connectivity index (χ4v) is 2.33. The number of nitrogen functional groups attached to an aromatic ring is 1. The number of rotatable bonds is 3. The molecule has 100 valence electrons. The normalized spacial score (nSPS) is 22.2. The van der Waals surface area contributed by atoms with E-state index < -0.39 is 0 Å². The molecule has 1 aliphatic rings. The topological polar surface area (TPSA) is 93.0 Å². The zero-order chi connectivity index (χ0) is 13.4. The van der Waals surface area contributed by atoms with Crippen molar-refractivity contribution in [1.82, 2.24) is 15.5 Å². The van der Waals surface area contributed by atoms with E-state index >= 15 is 0 Å². The largest absolute Gasteiger partial charge is 0.399 e. The van der Waals surface area contributed by atoms with Crippen molar-refractivity contribution < 1.29 is 9.53 Å². The van der Waals surface area contributed by atoms with Crippen LogP contribution >= 0.6 is 0 Å². The lowest BCUT2D eigenvalue weighted by Crippen LogP contribution is -2.47. The molecule has 1 aliphatic carbocycles. The van der Waals surface area contributed by atoms with Crippen molar-refractivity contribution in [2.75, 3.05) is 12.8 Å². The van der Waals surface area contributed by atoms with Gasteiger partial charge in [-0.15, -0.1) is 0 Å². The number of aromatic nitrogens is 2. The Hall–Kier alpha value is -2.08. The molecule has 0 bridgehead atoms. The summed E-state index contributed by atoms with van der Waals surface area (Å²) in [5, 5.41) is 10.6. The molecule has 0 atom stereocenters. The Morgan fingerprint density at radius 3 is 3.05 bits per heavy atom. The van der Waals surface area contributed by atoms with Gasteiger partial charge in [-0.1, -0.05) is 0 Å². The number of carbonyl (C=O) groups is 1. The second-order valence-corrected chi connectivity index (χ2v) is 4.88. The van der Waals surface area contributed by atoms with Crippen molar-refractivity contribution >= 4 is 22.5 Å². The zero-order valence-corrected chi connectivity index (χ0v) is 10.6. The van der Waals surface area contributed by atoms with E-state index in [1.807, 2.05) is 6.07 Å². The SMILES string of the molecule is COC1CC(NC(=O)c2n[nH]c3ccc(N)cc23)C1. The highest BCUT2D eigenvalue weighted by Gasteiger charge is 2.31. The van der Waals surface area contributed by atoms with Gasteiger partial charge in [-0.05, 0) is 31.0 Å². The number of nitrogens with zero attached hydrogens (tertiary/aromatic N) is 1. The molecule has 0 saturated heterocycles. The van der Waals surface area contributed by atoms with Crippen LogP contribution in [0.15, 0.2) is 18.2 Å². The second kappa shape index (κ2) is 4.55. The molecule has 1 amide bonds. The summed E-state index contributed by atoms with van der Waals surface area (Å²) in [6, 6.07) is 5.52. The molecule has 19 heavy (non-hydrogen) atoms. The predicted molar refractivity (Wildman–Crippen MR) is 71.8 cm³/mol. The first-order chi connectivity index (χ1) is 9.17. The number of ether oxygens (including phenoxy) is 1. The summed E-state index contributed by atoms with van der Waals surface area (Å²) in [5.74, 6) is -0.170. The van der Waals surface area contributed by atoms with Gasteiger partial charge in [0.15, 0.2) is 5.69 Å². The van der Waals surface area contributed by atoms with Gasteiger partial charge in [0.1, 0.15) is 0 Å². The first-order valence-corrected chi connectivity index (χ1v) is 6.24. The van der Waals surface area contributed by atoms with Crippen molar-refractivity contribution in [1.29, 1.82) is 0 Å². The lowest BCUT2D eigenvalue weighted by atomic mass is 9.89. The number of fused-ring (bicyclic) bond motifs is 1. The van der Waals surface area contributed by atoms with Crippen LogP contribution in [0.2, 0.25) is 0 Å². The van der Waals surface area contributed by atoms with Gasteiger partial charge < -0.3 is 15.8 Å². The van der Waals surface area contributed by atoms with Gasteiger partial charge in [-0.25, -0.2) is 0 Å². The fraction of sp³-hybridized carbons (Fsp3) is 0.385. The Labute approximate surface area is 110 Å². The Bertz CT molecular complexity index is 616. The number of hydrogen-bond acceptors (Lipinski definition) is 4. The summed E-state index contributed by atoms with van der Waals surface area (Å²) >= 11 is 0. The summed E-state index contributed by atoms with van der Waals surface area (Å²) in [6.07, 6.45) is 1.97. The number of methoxy groups -OCH3 is 1. The zero-order valence-electron chi connectivity index (χ0n) is 10.6. The Morgan fingerprint density at radius 2 is 2.32 bits per heavy atom. The number of nitrogens with two attached hydrogens (primary N) is 1. The first-order valence-electron chi connectivity index (χ1n) is 6.24. The first kappa shape index (κ1) is 12.0. The highest BCUT2D eigenvalue weighted by Crippen LogP contribution is 2.24. The molecule has 6 heteroatoms. The summed E-state index contributed by atoms with van der Waals surface area (Å²) in [4.78, 5) is 12.2. The molecule has 1 fully saturated rings. The molecule has 4 N–H and O–H groups in total. The van der Waals surface area contributed by atoms with E-state index in [-0.39, 0.29) is 18.1 Å². The minimum Gasteiger partial charge on any atom is -0.399 e. The van der Waals surface area contributed by atoms with Crippen LogP contribution in [0.5, 0.6) is 0 Å². The minimum atomic E-state index is -0.170. The van der Waals surface area contributed by atoms with E-state index in [0.29, 0.717) is 11.4 Å². The molecule has 1 saturated carbocycles. The van der Waals surface area contributed by atoms with Gasteiger partial charge >= 0.3 is 0 Å². The second-order valence-electron chi connectivity index (χ2n) is 4.88. The van der Waals surface area contributed by atoms with E-state index in [9.17, 15) is 4.79 Å². The van der Waals surface area contributed by atoms with Crippen LogP contribution in [0, 0.1) is 0 Å². The molecule has 1 aromatic heterocycles. The number of H-pyrrole nitrogens is 1. The van der Waals surface area contributed by atoms with E-state index in [4.69, 9.17) is 10.5 Å². The predicted octanol–water partition coefficient (Wildman–Crippen LogP) is 1.05. The molecule has 3 rings (SSSR count). The van der Waals surface area contributed by atoms with Crippen LogP contribution in [0.1, 0.15) is 23.3 Å². The van der Waals surface area contributed by atoms with Crippen LogP contribution in [0.4, 0.5) is 5.69 Å². The maximum Gasteiger partial charge on any atom is 0.272 e. The summed E-state index contributed by atoms with van der Waals surface area (Å²) < 4.78 is 5.18. The standard InChI is InChI=1S/C13H16N4O2/c1-19-9-5-8(6-9)15-13(18)12-10-4-7(14)2-3-11(10)16-17-12/h2-4,8-9H,5-6,14H2,1H3,(H,15,18)(H,16,17). The average molecular weight is 260 g/mol. The van der Waals surface area contributed by atoms with Crippen LogP contribution in [0.3, 0.4) is 0 Å². The maximum atomic E-state index is 12.2. The van der Waals surface area contributed by atoms with Gasteiger partial charge in [0.05, 0.1) is 11.6 Å². The van der Waals surface area contributed by atoms with Gasteiger partial charge in [0.2, 0.25) is 0 Å². The Morgan fingerprint density at radius 1 is 1.53 bits per heavy atom. The molecule has 2 aromatic rings. The smallest absolute Gasteiger partial charge is 0.272 e. The highest BCUT2D eigenvalue weighted by atomic mass is 16.5. The molecular weight excluding hydrogens is 244 g/mol. The molecule has 6 nitrogen and oxygen atoms in total. The maximum absolute atomic E-state index is 12.2. The molecule has 1 heterocycles. The fourth-order valence-electron chi connectivity index (χ4n) is 2.33. The van der Waals surface area contributed by atoms with E-state index in [2.05, 4.69) is 15.5 Å². The third kappa shape index (κ3) is 2.15. The Balaban J connectivity index is 1.77. The molecule has 0 radical (unpaired) electrons. The quantitative estimate of drug-likeness (QED) is 0.719. The average Bonchev–Trinajstić information content (AvgIpc) is 2.75. The van der Waals surface area contributed by atoms with Crippen LogP contribution in [-0.2, 0) is 4.74 Å². The lowest BCUT2D eigenvalue weighted by Gasteiger charge is -2.34. The number of nitrogens with one attached hydrogen (secondary N) is 2. The van der Waals surface area contributed by atoms with Crippen molar-refractivity contribution in [2.45, 2.75) is 25.0 Å². The number of benzene rings is 1. The van der Waals surface area contributed by atoms with Crippen molar-refractivity contribution in [3.8, 4) is 0 Å². The van der Waals surface area contributed by atoms with Gasteiger partial charge in [-0.3, -0.25) is 9.89 Å². The number of aromatic amines is 1. The highest BCUT2D eigenvalue weighted by molar-refractivity contribution is 6.05. The van der Waals surface area contributed by atoms with E-state index in [1.165, 1.54) is 0 Å². The van der Waals surface area contributed by atoms with E-state index in [0.717, 1.165) is 23.7 Å². The number of anilines is 1. The van der Waals surface area contributed by atoms with Crippen LogP contribution in [0.25, 0.3) is 10.9 Å². The summed E-state index contributed by atoms with van der Waals surface area (Å²) in [5.41, 5.74) is 7.55. The third-order valence-electron chi connectivity index (χ3n) is 3.57. The lowest BCUT2D eigenvalue weighted by molar-refractivity contribution is 0.0175. The molecule has 0 aliphatic heterocycles. The van der Waals surface area contributed by atoms with Crippen LogP contribution < -0.4 is 11.1 Å². The number of carbonyl (C=O) groups excluding carboxylic acids is 1. The van der Waals surface area contributed by atoms with Crippen molar-refractivity contribution in [3.63, 3.8) is 0 Å². The van der Waals surface area contributed by atoms with Crippen LogP contribution in [-0.4, -0.2) is 35.4 Å². The number of amides is 1. The summed E-state index contributed by atoms with van der Waals surface area (Å²) in [7, 11) is 1.69. The molecule has 0 unspecified atom stereocenters. The van der Waals surface area contributed by atoms with Gasteiger partial charge in [-0.2, -0.15) is 5.10 Å². The van der Waals surface area contributed by atoms with Gasteiger partial charge in [0.25, 0.3) is 5.91 Å². The monoisotopic (exact) mass is 260 g/mol. The van der Waals surface area contributed by atoms with E-state index in [1.54, 1.807) is 19.2 Å². The third-order valence-corrected chi connectivity index (χ3v) is 3.57. The molecule has 0 spiro atoms. The van der Waals surface area contributed by atoms with Crippen molar-refractivity contribution in [3.05, 3.63) is 23.9 Å². The van der Waals surface area contributed by atoms with Gasteiger partial charge in [0, 0.05) is 24.2 Å².